The molecule has 0 aliphatic rings. The Balaban J connectivity index is 3.27. The van der Waals surface area contributed by atoms with E-state index in [9.17, 15) is 4.79 Å². The highest BCUT2D eigenvalue weighted by Crippen LogP contribution is 2.35. The van der Waals surface area contributed by atoms with Gasteiger partial charge in [-0.1, -0.05) is 0 Å². The summed E-state index contributed by atoms with van der Waals surface area (Å²) in [6.07, 6.45) is 1.59. The Morgan fingerprint density at radius 3 is 2.65 bits per heavy atom. The van der Waals surface area contributed by atoms with Crippen LogP contribution in [0.15, 0.2) is 23.2 Å². The Kier molecular flexibility index (Phi) is 4.30. The highest BCUT2D eigenvalue weighted by Gasteiger charge is 2.24. The fraction of sp³-hybridized carbons (Fsp3) is 0.462. The molecular weight excluding hydrogens is 218 g/mol. The van der Waals surface area contributed by atoms with E-state index in [0.29, 0.717) is 12.4 Å². The van der Waals surface area contributed by atoms with Gasteiger partial charge >= 0.3 is 0 Å². The van der Waals surface area contributed by atoms with Crippen molar-refractivity contribution in [3.05, 3.63) is 23.8 Å². The first-order valence-electron chi connectivity index (χ1n) is 5.45. The van der Waals surface area contributed by atoms with Gasteiger partial charge < -0.3 is 9.47 Å². The maximum atomic E-state index is 10.4. The van der Waals surface area contributed by atoms with Crippen LogP contribution in [-0.2, 0) is 10.3 Å². The van der Waals surface area contributed by atoms with E-state index in [1.54, 1.807) is 13.2 Å². The van der Waals surface area contributed by atoms with E-state index in [4.69, 9.17) is 9.47 Å². The van der Waals surface area contributed by atoms with E-state index >= 15 is 0 Å². The van der Waals surface area contributed by atoms with Crippen LogP contribution in [0.2, 0.25) is 0 Å². The monoisotopic (exact) mass is 235 g/mol. The zero-order chi connectivity index (χ0) is 12.9. The number of benzene rings is 1. The molecule has 1 aromatic carbocycles. The van der Waals surface area contributed by atoms with Gasteiger partial charge in [-0.25, -0.2) is 4.79 Å². The number of nitrogens with zero attached hydrogens (tertiary/aromatic N) is 1. The number of carbonyl (C=O) groups excluding carboxylic acids is 1. The molecule has 0 N–H and O–H groups in total. The van der Waals surface area contributed by atoms with Gasteiger partial charge in [0.15, 0.2) is 0 Å². The molecule has 0 aromatic heterocycles. The van der Waals surface area contributed by atoms with Crippen molar-refractivity contribution in [3.8, 4) is 11.5 Å². The lowest BCUT2D eigenvalue weighted by Crippen LogP contribution is -2.15. The molecule has 0 radical (unpaired) electrons. The zero-order valence-electron chi connectivity index (χ0n) is 10.6. The van der Waals surface area contributed by atoms with Crippen LogP contribution in [0.5, 0.6) is 11.5 Å². The van der Waals surface area contributed by atoms with Crippen molar-refractivity contribution in [2.45, 2.75) is 26.3 Å². The lowest BCUT2D eigenvalue weighted by molar-refractivity contribution is 0.336. The van der Waals surface area contributed by atoms with E-state index in [2.05, 4.69) is 4.99 Å². The average Bonchev–Trinajstić information content (AvgIpc) is 2.29. The summed E-state index contributed by atoms with van der Waals surface area (Å²) in [6.45, 7) is 6.15. The van der Waals surface area contributed by atoms with E-state index in [-0.39, 0.29) is 0 Å². The largest absolute Gasteiger partial charge is 0.496 e. The number of rotatable bonds is 5. The molecule has 0 atom stereocenters. The standard InChI is InChI=1S/C13H17NO3/c1-5-17-10-6-7-12(16-4)11(8-10)13(2,3)14-9-15/h6-8H,5H2,1-4H3. The Hall–Kier alpha value is -1.80. The van der Waals surface area contributed by atoms with Crippen molar-refractivity contribution in [2.24, 2.45) is 4.99 Å². The van der Waals surface area contributed by atoms with Crippen LogP contribution in [0.1, 0.15) is 26.3 Å². The third-order valence-corrected chi connectivity index (χ3v) is 2.47. The quantitative estimate of drug-likeness (QED) is 0.582. The molecule has 4 nitrogen and oxygen atoms in total. The second-order valence-corrected chi connectivity index (χ2v) is 4.06. The lowest BCUT2D eigenvalue weighted by atomic mass is 9.94. The zero-order valence-corrected chi connectivity index (χ0v) is 10.6. The summed E-state index contributed by atoms with van der Waals surface area (Å²) < 4.78 is 10.7. The average molecular weight is 235 g/mol. The van der Waals surface area contributed by atoms with Crippen molar-refractivity contribution in [3.63, 3.8) is 0 Å². The molecule has 0 unspecified atom stereocenters. The molecule has 0 saturated carbocycles. The highest BCUT2D eigenvalue weighted by molar-refractivity contribution is 5.46. The van der Waals surface area contributed by atoms with Crippen LogP contribution < -0.4 is 9.47 Å². The van der Waals surface area contributed by atoms with Gasteiger partial charge in [0.25, 0.3) is 0 Å². The molecule has 0 fully saturated rings. The smallest absolute Gasteiger partial charge is 0.235 e. The van der Waals surface area contributed by atoms with E-state index in [1.165, 1.54) is 0 Å². The maximum absolute atomic E-state index is 10.4. The third-order valence-electron chi connectivity index (χ3n) is 2.47. The first-order valence-corrected chi connectivity index (χ1v) is 5.45. The van der Waals surface area contributed by atoms with E-state index < -0.39 is 5.54 Å². The molecule has 92 valence electrons. The molecule has 0 aliphatic carbocycles. The molecule has 0 spiro atoms. The predicted molar refractivity (Wildman–Crippen MR) is 65.3 cm³/mol. The van der Waals surface area contributed by atoms with Gasteiger partial charge in [-0.15, -0.1) is 0 Å². The van der Waals surface area contributed by atoms with Crippen LogP contribution in [0.25, 0.3) is 0 Å². The van der Waals surface area contributed by atoms with Crippen LogP contribution in [-0.4, -0.2) is 19.8 Å². The maximum Gasteiger partial charge on any atom is 0.235 e. The summed E-state index contributed by atoms with van der Waals surface area (Å²) in [4.78, 5) is 14.2. The second kappa shape index (κ2) is 5.51. The van der Waals surface area contributed by atoms with Crippen LogP contribution >= 0.6 is 0 Å². The van der Waals surface area contributed by atoms with Crippen molar-refractivity contribution in [2.75, 3.05) is 13.7 Å². The van der Waals surface area contributed by atoms with Gasteiger partial charge in [0.05, 0.1) is 19.3 Å². The number of aliphatic imine (C=N–C) groups is 1. The van der Waals surface area contributed by atoms with Gasteiger partial charge in [0, 0.05) is 5.56 Å². The van der Waals surface area contributed by atoms with Gasteiger partial charge in [-0.3, -0.25) is 0 Å². The van der Waals surface area contributed by atoms with Gasteiger partial charge in [0.1, 0.15) is 11.5 Å². The summed E-state index contributed by atoms with van der Waals surface area (Å²) in [5.41, 5.74) is 0.120. The first kappa shape index (κ1) is 13.3. The molecule has 1 aromatic rings. The van der Waals surface area contributed by atoms with Crippen molar-refractivity contribution < 1.29 is 14.3 Å². The Morgan fingerprint density at radius 2 is 2.12 bits per heavy atom. The lowest BCUT2D eigenvalue weighted by Gasteiger charge is -2.21. The minimum Gasteiger partial charge on any atom is -0.496 e. The van der Waals surface area contributed by atoms with Crippen molar-refractivity contribution in [1.82, 2.24) is 0 Å². The summed E-state index contributed by atoms with van der Waals surface area (Å²) in [5, 5.41) is 0. The molecule has 1 rings (SSSR count). The number of isocyanates is 1. The molecule has 17 heavy (non-hydrogen) atoms. The molecule has 0 saturated heterocycles. The van der Waals surface area contributed by atoms with E-state index in [1.807, 2.05) is 39.0 Å². The molecular formula is C13H17NO3. The number of methoxy groups -OCH3 is 1. The Labute approximate surface area is 101 Å². The highest BCUT2D eigenvalue weighted by atomic mass is 16.5. The predicted octanol–water partition coefficient (Wildman–Crippen LogP) is 2.66. The molecule has 0 amide bonds. The fourth-order valence-corrected chi connectivity index (χ4v) is 1.60. The normalized spacial score (nSPS) is 10.6. The number of hydrogen-bond acceptors (Lipinski definition) is 4. The third kappa shape index (κ3) is 3.08. The van der Waals surface area contributed by atoms with Gasteiger partial charge in [-0.2, -0.15) is 4.99 Å². The second-order valence-electron chi connectivity index (χ2n) is 4.06. The van der Waals surface area contributed by atoms with Crippen LogP contribution in [0.3, 0.4) is 0 Å². The number of hydrogen-bond donors (Lipinski definition) is 0. The van der Waals surface area contributed by atoms with Gasteiger partial charge in [-0.05, 0) is 39.0 Å². The first-order chi connectivity index (χ1) is 8.05. The minimum absolute atomic E-state index is 0.586. The molecule has 0 bridgehead atoms. The summed E-state index contributed by atoms with van der Waals surface area (Å²) >= 11 is 0. The van der Waals surface area contributed by atoms with Crippen LogP contribution in [0.4, 0.5) is 0 Å². The van der Waals surface area contributed by atoms with Crippen LogP contribution in [0, 0.1) is 0 Å². The minimum atomic E-state index is -0.680. The molecule has 4 heteroatoms. The SMILES string of the molecule is CCOc1ccc(OC)c(C(C)(C)N=C=O)c1. The Bertz CT molecular complexity index is 434. The topological polar surface area (TPSA) is 47.9 Å². The molecule has 0 heterocycles. The van der Waals surface area contributed by atoms with E-state index in [0.717, 1.165) is 11.3 Å². The van der Waals surface area contributed by atoms with Gasteiger partial charge in [0.2, 0.25) is 6.08 Å². The van der Waals surface area contributed by atoms with Crippen molar-refractivity contribution in [1.29, 1.82) is 0 Å². The fourth-order valence-electron chi connectivity index (χ4n) is 1.60. The summed E-state index contributed by atoms with van der Waals surface area (Å²) in [5.74, 6) is 1.41. The summed E-state index contributed by atoms with van der Waals surface area (Å²) in [6, 6.07) is 5.47. The number of ether oxygens (including phenoxy) is 2. The van der Waals surface area contributed by atoms with Crippen molar-refractivity contribution >= 4 is 6.08 Å². The molecule has 0 aliphatic heterocycles. The summed E-state index contributed by atoms with van der Waals surface area (Å²) in [7, 11) is 1.58. The Morgan fingerprint density at radius 1 is 1.41 bits per heavy atom.